The molecule has 2 fully saturated rings. The summed E-state index contributed by atoms with van der Waals surface area (Å²) < 4.78 is 0. The fourth-order valence-corrected chi connectivity index (χ4v) is 4.41. The van der Waals surface area contributed by atoms with Crippen LogP contribution in [0.2, 0.25) is 0 Å². The van der Waals surface area contributed by atoms with E-state index in [4.69, 9.17) is 5.73 Å². The lowest BCUT2D eigenvalue weighted by Crippen LogP contribution is -2.42. The molecule has 1 aromatic carbocycles. The predicted molar refractivity (Wildman–Crippen MR) is 120 cm³/mol. The topological polar surface area (TPSA) is 44.9 Å². The van der Waals surface area contributed by atoms with Crippen LogP contribution in [0.25, 0.3) is 0 Å². The van der Waals surface area contributed by atoms with E-state index in [1.165, 1.54) is 37.1 Å². The molecular formula is C19H31IN4S. The Labute approximate surface area is 173 Å². The summed E-state index contributed by atoms with van der Waals surface area (Å²) in [6, 6.07) is 8.90. The first-order chi connectivity index (χ1) is 11.7. The van der Waals surface area contributed by atoms with Crippen molar-refractivity contribution in [3.8, 4) is 0 Å². The van der Waals surface area contributed by atoms with E-state index in [1.807, 2.05) is 11.8 Å². The minimum absolute atomic E-state index is 0. The highest BCUT2D eigenvalue weighted by Crippen LogP contribution is 2.18. The third-order valence-corrected chi connectivity index (χ3v) is 5.87. The molecule has 0 saturated carbocycles. The lowest BCUT2D eigenvalue weighted by atomic mass is 9.99. The standard InChI is InChI=1S/C19H30N4S.HI/c1-16-3-2-8-22(14-16)15-18-6-4-17(5-7-18)13-21-19(20)23-9-11-24-12-10-23;/h4-7,16H,2-3,8-15H2,1H3,(H2,20,21);1H. The van der Waals surface area contributed by atoms with Gasteiger partial charge in [-0.15, -0.1) is 24.0 Å². The first-order valence-electron chi connectivity index (χ1n) is 9.13. The molecule has 6 heteroatoms. The van der Waals surface area contributed by atoms with E-state index >= 15 is 0 Å². The largest absolute Gasteiger partial charge is 0.370 e. The Morgan fingerprint density at radius 1 is 1.16 bits per heavy atom. The monoisotopic (exact) mass is 474 g/mol. The molecule has 140 valence electrons. The van der Waals surface area contributed by atoms with Gasteiger partial charge in [0.1, 0.15) is 0 Å². The molecule has 0 amide bonds. The second-order valence-corrected chi connectivity index (χ2v) is 8.30. The van der Waals surface area contributed by atoms with Crippen LogP contribution in [0.1, 0.15) is 30.9 Å². The number of likely N-dealkylation sites (tertiary alicyclic amines) is 1. The number of hydrogen-bond acceptors (Lipinski definition) is 3. The number of hydrogen-bond donors (Lipinski definition) is 1. The molecule has 4 nitrogen and oxygen atoms in total. The minimum Gasteiger partial charge on any atom is -0.370 e. The zero-order valence-corrected chi connectivity index (χ0v) is 18.3. The Kier molecular flexibility index (Phi) is 8.85. The van der Waals surface area contributed by atoms with Crippen LogP contribution < -0.4 is 5.73 Å². The Morgan fingerprint density at radius 3 is 2.52 bits per heavy atom. The molecule has 2 saturated heterocycles. The van der Waals surface area contributed by atoms with Gasteiger partial charge in [-0.25, -0.2) is 4.99 Å². The highest BCUT2D eigenvalue weighted by atomic mass is 127. The second kappa shape index (κ2) is 10.6. The van der Waals surface area contributed by atoms with Crippen molar-refractivity contribution in [3.63, 3.8) is 0 Å². The number of halogens is 1. The van der Waals surface area contributed by atoms with Crippen LogP contribution >= 0.6 is 35.7 Å². The smallest absolute Gasteiger partial charge is 0.191 e. The first-order valence-corrected chi connectivity index (χ1v) is 10.3. The van der Waals surface area contributed by atoms with Crippen LogP contribution in [0.15, 0.2) is 29.3 Å². The normalized spacial score (nSPS) is 22.5. The summed E-state index contributed by atoms with van der Waals surface area (Å²) in [6.45, 7) is 8.62. The SMILES string of the molecule is CC1CCCN(Cc2ccc(CN=C(N)N3CCSCC3)cc2)C1.I. The lowest BCUT2D eigenvalue weighted by Gasteiger charge is -2.30. The summed E-state index contributed by atoms with van der Waals surface area (Å²) in [5.41, 5.74) is 8.76. The van der Waals surface area contributed by atoms with Gasteiger partial charge in [-0.3, -0.25) is 4.90 Å². The van der Waals surface area contributed by atoms with E-state index in [2.05, 4.69) is 46.0 Å². The molecule has 0 spiro atoms. The van der Waals surface area contributed by atoms with Crippen molar-refractivity contribution in [1.82, 2.24) is 9.80 Å². The number of thioether (sulfide) groups is 1. The predicted octanol–water partition coefficient (Wildman–Crippen LogP) is 3.40. The zero-order valence-electron chi connectivity index (χ0n) is 15.2. The Balaban J connectivity index is 0.00000225. The van der Waals surface area contributed by atoms with E-state index in [-0.39, 0.29) is 24.0 Å². The third kappa shape index (κ3) is 6.64. The van der Waals surface area contributed by atoms with E-state index in [9.17, 15) is 0 Å². The Bertz CT molecular complexity index is 543. The third-order valence-electron chi connectivity index (χ3n) is 4.93. The molecule has 2 aliphatic heterocycles. The summed E-state index contributed by atoms with van der Waals surface area (Å²) in [6.07, 6.45) is 2.72. The zero-order chi connectivity index (χ0) is 16.8. The minimum atomic E-state index is 0. The summed E-state index contributed by atoms with van der Waals surface area (Å²) in [7, 11) is 0. The van der Waals surface area contributed by atoms with Gasteiger partial charge in [0, 0.05) is 37.7 Å². The number of nitrogens with two attached hydrogens (primary N) is 1. The first kappa shape index (κ1) is 20.8. The second-order valence-electron chi connectivity index (χ2n) is 7.07. The van der Waals surface area contributed by atoms with Crippen molar-refractivity contribution >= 4 is 41.7 Å². The quantitative estimate of drug-likeness (QED) is 0.413. The highest BCUT2D eigenvalue weighted by molar-refractivity contribution is 14.0. The lowest BCUT2D eigenvalue weighted by molar-refractivity contribution is 0.176. The van der Waals surface area contributed by atoms with Crippen LogP contribution in [-0.2, 0) is 13.1 Å². The summed E-state index contributed by atoms with van der Waals surface area (Å²) >= 11 is 1.99. The van der Waals surface area contributed by atoms with Gasteiger partial charge in [-0.2, -0.15) is 11.8 Å². The molecular weight excluding hydrogens is 443 g/mol. The van der Waals surface area contributed by atoms with Crippen molar-refractivity contribution in [2.45, 2.75) is 32.9 Å². The highest BCUT2D eigenvalue weighted by Gasteiger charge is 2.16. The molecule has 2 N–H and O–H groups in total. The molecule has 0 radical (unpaired) electrons. The van der Waals surface area contributed by atoms with Crippen LogP contribution in [-0.4, -0.2) is 53.4 Å². The summed E-state index contributed by atoms with van der Waals surface area (Å²) in [5, 5.41) is 0. The average Bonchev–Trinajstić information content (AvgIpc) is 2.62. The van der Waals surface area contributed by atoms with E-state index in [0.717, 1.165) is 37.1 Å². The van der Waals surface area contributed by atoms with Crippen LogP contribution in [0.4, 0.5) is 0 Å². The van der Waals surface area contributed by atoms with E-state index in [0.29, 0.717) is 12.5 Å². The van der Waals surface area contributed by atoms with Gasteiger partial charge in [0.05, 0.1) is 6.54 Å². The fourth-order valence-electron chi connectivity index (χ4n) is 3.50. The molecule has 1 aromatic rings. The molecule has 0 aromatic heterocycles. The maximum absolute atomic E-state index is 6.12. The van der Waals surface area contributed by atoms with Crippen molar-refractivity contribution in [1.29, 1.82) is 0 Å². The van der Waals surface area contributed by atoms with Gasteiger partial charge in [0.25, 0.3) is 0 Å². The number of benzene rings is 1. The average molecular weight is 474 g/mol. The maximum atomic E-state index is 6.12. The number of guanidine groups is 1. The van der Waals surface area contributed by atoms with Crippen molar-refractivity contribution < 1.29 is 0 Å². The van der Waals surface area contributed by atoms with Gasteiger partial charge in [0.2, 0.25) is 0 Å². The summed E-state index contributed by atoms with van der Waals surface area (Å²) in [5.74, 6) is 3.84. The fraction of sp³-hybridized carbons (Fsp3) is 0.632. The molecule has 2 heterocycles. The van der Waals surface area contributed by atoms with Gasteiger partial charge >= 0.3 is 0 Å². The maximum Gasteiger partial charge on any atom is 0.191 e. The van der Waals surface area contributed by atoms with Crippen molar-refractivity contribution in [2.24, 2.45) is 16.6 Å². The molecule has 0 bridgehead atoms. The number of rotatable bonds is 4. The Morgan fingerprint density at radius 2 is 1.84 bits per heavy atom. The van der Waals surface area contributed by atoms with Gasteiger partial charge < -0.3 is 10.6 Å². The van der Waals surface area contributed by atoms with Crippen LogP contribution in [0, 0.1) is 5.92 Å². The van der Waals surface area contributed by atoms with Gasteiger partial charge in [-0.1, -0.05) is 31.2 Å². The number of piperidine rings is 1. The molecule has 0 aliphatic carbocycles. The van der Waals surface area contributed by atoms with Crippen molar-refractivity contribution in [2.75, 3.05) is 37.7 Å². The van der Waals surface area contributed by atoms with Gasteiger partial charge in [0.15, 0.2) is 5.96 Å². The summed E-state index contributed by atoms with van der Waals surface area (Å²) in [4.78, 5) is 9.35. The molecule has 1 unspecified atom stereocenters. The van der Waals surface area contributed by atoms with E-state index < -0.39 is 0 Å². The molecule has 1 atom stereocenters. The van der Waals surface area contributed by atoms with Crippen LogP contribution in [0.3, 0.4) is 0 Å². The number of aliphatic imine (C=N–C) groups is 1. The Hall–Kier alpha value is -0.470. The van der Waals surface area contributed by atoms with Gasteiger partial charge in [-0.05, 0) is 36.4 Å². The molecule has 2 aliphatic rings. The molecule has 25 heavy (non-hydrogen) atoms. The van der Waals surface area contributed by atoms with Crippen LogP contribution in [0.5, 0.6) is 0 Å². The van der Waals surface area contributed by atoms with E-state index in [1.54, 1.807) is 0 Å². The molecule has 3 rings (SSSR count). The number of nitrogens with zero attached hydrogens (tertiary/aromatic N) is 3. The van der Waals surface area contributed by atoms with Crippen molar-refractivity contribution in [3.05, 3.63) is 35.4 Å².